The summed E-state index contributed by atoms with van der Waals surface area (Å²) in [6.07, 6.45) is 0. The van der Waals surface area contributed by atoms with Gasteiger partial charge in [0.1, 0.15) is 17.1 Å². The Morgan fingerprint density at radius 2 is 0.548 bits per heavy atom. The third kappa shape index (κ3) is 5.34. The highest BCUT2D eigenvalue weighted by Crippen LogP contribution is 2.37. The van der Waals surface area contributed by atoms with Crippen LogP contribution < -0.4 is 18.3 Å². The third-order valence-corrected chi connectivity index (χ3v) is 5.65. The normalized spacial score (nSPS) is 12.7. The van der Waals surface area contributed by atoms with Crippen molar-refractivity contribution in [1.29, 1.82) is 0 Å². The molecule has 0 spiro atoms. The van der Waals surface area contributed by atoms with Gasteiger partial charge < -0.3 is 4.90 Å². The predicted octanol–water partition coefficient (Wildman–Crippen LogP) is 5.75. The molecule has 31 heavy (non-hydrogen) atoms. The Bertz CT molecular complexity index is 861. The zero-order valence-electron chi connectivity index (χ0n) is 20.7. The second-order valence-electron chi connectivity index (χ2n) is 10.9. The van der Waals surface area contributed by atoms with Crippen LogP contribution >= 0.6 is 0 Å². The Morgan fingerprint density at radius 1 is 0.355 bits per heavy atom. The molecule has 0 aliphatic rings. The van der Waals surface area contributed by atoms with Crippen molar-refractivity contribution in [3.63, 3.8) is 0 Å². The molecule has 0 saturated carbocycles. The van der Waals surface area contributed by atoms with Crippen molar-refractivity contribution in [1.82, 2.24) is 13.4 Å². The summed E-state index contributed by atoms with van der Waals surface area (Å²) < 4.78 is 2.41. The number of nitrogens with zero attached hydrogens (tertiary/aromatic N) is 4. The van der Waals surface area contributed by atoms with E-state index in [4.69, 9.17) is 0 Å². The summed E-state index contributed by atoms with van der Waals surface area (Å²) in [6, 6.07) is 26.7. The van der Waals surface area contributed by atoms with Crippen molar-refractivity contribution in [2.45, 2.75) is 0 Å². The van der Waals surface area contributed by atoms with E-state index in [0.717, 1.165) is 30.5 Å². The molecule has 0 aromatic heterocycles. The Morgan fingerprint density at radius 3 is 0.710 bits per heavy atom. The molecule has 0 N–H and O–H groups in total. The van der Waals surface area contributed by atoms with Gasteiger partial charge in [0.2, 0.25) is 0 Å². The van der Waals surface area contributed by atoms with Gasteiger partial charge in [0.15, 0.2) is 0 Å². The van der Waals surface area contributed by atoms with Crippen molar-refractivity contribution in [2.75, 3.05) is 68.3 Å². The SMILES string of the molecule is C[N+](C)(C)c1ccc(N(c2ccc([N+](C)(C)C)cc2)c2ccc([N+](C)(C)C)cc2)cc1. The molecule has 0 bridgehead atoms. The van der Waals surface area contributed by atoms with Gasteiger partial charge in [0.25, 0.3) is 0 Å². The molecule has 0 aliphatic heterocycles. The highest BCUT2D eigenvalue weighted by molar-refractivity contribution is 5.78. The Kier molecular flexibility index (Phi) is 6.03. The smallest absolute Gasteiger partial charge is 0.132 e. The van der Waals surface area contributed by atoms with E-state index < -0.39 is 0 Å². The lowest BCUT2D eigenvalue weighted by Crippen LogP contribution is -2.34. The highest BCUT2D eigenvalue weighted by Gasteiger charge is 2.19. The topological polar surface area (TPSA) is 3.24 Å². The molecule has 0 saturated heterocycles. The van der Waals surface area contributed by atoms with Crippen LogP contribution in [0.5, 0.6) is 0 Å². The van der Waals surface area contributed by atoms with Gasteiger partial charge in [-0.2, -0.15) is 0 Å². The van der Waals surface area contributed by atoms with E-state index in [1.807, 2.05) is 0 Å². The van der Waals surface area contributed by atoms with Gasteiger partial charge in [-0.05, 0) is 36.4 Å². The maximum absolute atomic E-state index is 2.33. The number of hydrogen-bond acceptors (Lipinski definition) is 1. The van der Waals surface area contributed by atoms with Gasteiger partial charge in [-0.25, -0.2) is 0 Å². The molecule has 0 aliphatic carbocycles. The van der Waals surface area contributed by atoms with E-state index in [1.165, 1.54) is 17.1 Å². The monoisotopic (exact) mass is 419 g/mol. The van der Waals surface area contributed by atoms with Crippen LogP contribution in [0.25, 0.3) is 0 Å². The molecule has 3 aromatic carbocycles. The van der Waals surface area contributed by atoms with Crippen molar-refractivity contribution < 1.29 is 0 Å². The standard InChI is InChI=1S/C27H39N4/c1-29(2,3)25-16-10-22(11-17-25)28(23-12-18-26(19-13-23)30(4,5)6)24-14-20-27(21-15-24)31(7,8)9/h10-21H,1-9H3/q+3. The van der Waals surface area contributed by atoms with Gasteiger partial charge in [-0.15, -0.1) is 0 Å². The molecule has 0 fully saturated rings. The first-order valence-corrected chi connectivity index (χ1v) is 10.8. The number of anilines is 3. The molecule has 0 atom stereocenters. The van der Waals surface area contributed by atoms with Crippen molar-refractivity contribution in [3.05, 3.63) is 72.8 Å². The summed E-state index contributed by atoms with van der Waals surface area (Å²) in [7, 11) is 19.7. The lowest BCUT2D eigenvalue weighted by molar-refractivity contribution is 0.486. The largest absolute Gasteiger partial charge is 0.310 e. The molecule has 0 radical (unpaired) electrons. The number of hydrogen-bond donors (Lipinski definition) is 0. The molecule has 3 rings (SSSR count). The fourth-order valence-electron chi connectivity index (χ4n) is 3.59. The zero-order chi connectivity index (χ0) is 23.0. The highest BCUT2D eigenvalue weighted by atomic mass is 15.3. The molecule has 0 heterocycles. The summed E-state index contributed by atoms with van der Waals surface area (Å²) in [5, 5.41) is 0. The number of quaternary nitrogens is 3. The summed E-state index contributed by atoms with van der Waals surface area (Å²) in [4.78, 5) is 2.33. The van der Waals surface area contributed by atoms with Crippen LogP contribution in [-0.4, -0.2) is 63.4 Å². The fourth-order valence-corrected chi connectivity index (χ4v) is 3.59. The molecule has 4 heteroatoms. The minimum Gasteiger partial charge on any atom is -0.310 e. The molecule has 3 aromatic rings. The zero-order valence-corrected chi connectivity index (χ0v) is 20.7. The lowest BCUT2D eigenvalue weighted by Gasteiger charge is -2.29. The lowest BCUT2D eigenvalue weighted by atomic mass is 10.1. The summed E-state index contributed by atoms with van der Waals surface area (Å²) in [5.41, 5.74) is 7.33. The third-order valence-electron chi connectivity index (χ3n) is 5.65. The Balaban J connectivity index is 2.08. The average molecular weight is 420 g/mol. The van der Waals surface area contributed by atoms with Crippen LogP contribution in [0.3, 0.4) is 0 Å². The Labute approximate surface area is 188 Å². The van der Waals surface area contributed by atoms with E-state index in [0.29, 0.717) is 0 Å². The number of benzene rings is 3. The first kappa shape index (κ1) is 23.0. The first-order valence-electron chi connectivity index (χ1n) is 10.8. The quantitative estimate of drug-likeness (QED) is 0.460. The average Bonchev–Trinajstić information content (AvgIpc) is 2.67. The molecular weight excluding hydrogens is 380 g/mol. The maximum atomic E-state index is 2.33. The summed E-state index contributed by atoms with van der Waals surface area (Å²) in [5.74, 6) is 0. The van der Waals surface area contributed by atoms with Crippen molar-refractivity contribution in [3.8, 4) is 0 Å². The molecule has 0 unspecified atom stereocenters. The van der Waals surface area contributed by atoms with Gasteiger partial charge in [-0.3, -0.25) is 13.4 Å². The van der Waals surface area contributed by atoms with Gasteiger partial charge in [-0.1, -0.05) is 0 Å². The van der Waals surface area contributed by atoms with E-state index in [1.54, 1.807) is 0 Å². The van der Waals surface area contributed by atoms with Crippen LogP contribution in [0.4, 0.5) is 34.1 Å². The molecule has 0 amide bonds. The molecule has 164 valence electrons. The van der Waals surface area contributed by atoms with Crippen molar-refractivity contribution in [2.24, 2.45) is 0 Å². The summed E-state index contributed by atoms with van der Waals surface area (Å²) in [6.45, 7) is 0. The van der Waals surface area contributed by atoms with E-state index in [2.05, 4.69) is 141 Å². The van der Waals surface area contributed by atoms with Crippen LogP contribution in [0.1, 0.15) is 0 Å². The van der Waals surface area contributed by atoms with Crippen LogP contribution in [0.2, 0.25) is 0 Å². The minimum atomic E-state index is 0.802. The molecular formula is C27H39N4+3. The second-order valence-corrected chi connectivity index (χ2v) is 10.9. The maximum Gasteiger partial charge on any atom is 0.132 e. The van der Waals surface area contributed by atoms with Crippen LogP contribution in [0.15, 0.2) is 72.8 Å². The van der Waals surface area contributed by atoms with Gasteiger partial charge >= 0.3 is 0 Å². The molecule has 4 nitrogen and oxygen atoms in total. The minimum absolute atomic E-state index is 0.802. The Hall–Kier alpha value is -2.66. The van der Waals surface area contributed by atoms with Crippen LogP contribution in [-0.2, 0) is 0 Å². The van der Waals surface area contributed by atoms with Crippen LogP contribution in [0, 0.1) is 0 Å². The van der Waals surface area contributed by atoms with E-state index in [-0.39, 0.29) is 0 Å². The van der Waals surface area contributed by atoms with Gasteiger partial charge in [0.05, 0.1) is 63.4 Å². The van der Waals surface area contributed by atoms with Crippen molar-refractivity contribution >= 4 is 34.1 Å². The fraction of sp³-hybridized carbons (Fsp3) is 0.333. The predicted molar refractivity (Wildman–Crippen MR) is 140 cm³/mol. The first-order chi connectivity index (χ1) is 14.3. The van der Waals surface area contributed by atoms with E-state index in [9.17, 15) is 0 Å². The number of rotatable bonds is 6. The van der Waals surface area contributed by atoms with Gasteiger partial charge in [0, 0.05) is 53.5 Å². The summed E-state index contributed by atoms with van der Waals surface area (Å²) >= 11 is 0. The second kappa shape index (κ2) is 8.12. The van der Waals surface area contributed by atoms with E-state index >= 15 is 0 Å².